The first kappa shape index (κ1) is 45.7. The van der Waals surface area contributed by atoms with E-state index >= 15 is 0 Å². The van der Waals surface area contributed by atoms with Gasteiger partial charge < -0.3 is 40.1 Å². The van der Waals surface area contributed by atoms with E-state index in [-0.39, 0.29) is 49.5 Å². The number of halogens is 5. The van der Waals surface area contributed by atoms with Crippen LogP contribution in [0.25, 0.3) is 0 Å². The number of piperidine rings is 1. The second-order valence-electron chi connectivity index (χ2n) is 16.4. The van der Waals surface area contributed by atoms with Gasteiger partial charge in [-0.3, -0.25) is 28.8 Å². The third-order valence-electron chi connectivity index (χ3n) is 11.6. The summed E-state index contributed by atoms with van der Waals surface area (Å²) in [6.07, 6.45) is -5.09. The minimum Gasteiger partial charge on any atom is -0.458 e. The lowest BCUT2D eigenvalue weighted by atomic mass is 9.99. The predicted octanol–water partition coefficient (Wildman–Crippen LogP) is 2.68. The molecule has 2 aromatic rings. The summed E-state index contributed by atoms with van der Waals surface area (Å²) in [7, 11) is 0. The molecule has 0 bridgehead atoms. The van der Waals surface area contributed by atoms with Crippen LogP contribution in [0.3, 0.4) is 0 Å². The number of amides is 6. The number of alkyl halides is 3. The molecule has 6 rings (SSSR count). The fraction of sp³-hybridized carbons (Fsp3) is 0.548. The Balaban J connectivity index is 1.32. The zero-order valence-corrected chi connectivity index (χ0v) is 34.3. The lowest BCUT2D eigenvalue weighted by Crippen LogP contribution is -2.63. The van der Waals surface area contributed by atoms with Crippen molar-refractivity contribution in [3.8, 4) is 5.75 Å². The van der Waals surface area contributed by atoms with E-state index in [1.165, 1.54) is 40.7 Å². The van der Waals surface area contributed by atoms with Crippen molar-refractivity contribution in [2.24, 2.45) is 5.92 Å². The van der Waals surface area contributed by atoms with Gasteiger partial charge in [-0.2, -0.15) is 0 Å². The average Bonchev–Trinajstić information content (AvgIpc) is 3.85. The van der Waals surface area contributed by atoms with E-state index in [1.807, 2.05) is 6.92 Å². The number of ether oxygens (including phenoxy) is 2. The SMILES string of the molecule is C[C@@H]1C[C@H]2C(=O)O[C@@H](C)[C@H](NC(=O)[C@H](Cc3cc(F)cc(F)c3)NC(=O)Cc3ccc(OC(F)(F)F)cc3)C(=O)N3CCC[C@H]3C(=O)N3CCCC[C@H]3C(=O)N[C@@H](C)C(=O)N2C1. The molecule has 4 aliphatic rings. The van der Waals surface area contributed by atoms with Crippen LogP contribution in [0.2, 0.25) is 0 Å². The molecule has 0 spiro atoms. The molecule has 4 saturated heterocycles. The standard InChI is InChI=1S/C42H49F5N6O9/c1-22-15-33-41(60)61-24(3)35(40(59)52-14-6-8-32(52)39(58)51-13-5-4-7-31(51)37(56)48-23(2)38(57)53(33)21-22)50-36(55)30(18-26-16-27(43)20-28(44)17-26)49-34(54)19-25-9-11-29(12-10-25)62-42(45,46)47/h9-12,16-17,20,22-24,30-33,35H,4-8,13-15,18-19,21H2,1-3H3,(H,48,56)(H,49,54)(H,50,55)/t22-,23+,24+,30+,31+,32+,33+,35+/m1/s1. The third kappa shape index (κ3) is 11.0. The summed E-state index contributed by atoms with van der Waals surface area (Å²) in [6.45, 7) is 5.08. The number of nitrogens with zero attached hydrogens (tertiary/aromatic N) is 3. The molecular formula is C42H49F5N6O9. The number of carbonyl (C=O) groups is 7. The van der Waals surface area contributed by atoms with Crippen molar-refractivity contribution in [2.45, 2.75) is 121 Å². The van der Waals surface area contributed by atoms with Crippen LogP contribution in [0.4, 0.5) is 22.0 Å². The van der Waals surface area contributed by atoms with E-state index in [2.05, 4.69) is 20.7 Å². The van der Waals surface area contributed by atoms with E-state index in [0.29, 0.717) is 31.7 Å². The Labute approximate surface area is 354 Å². The Morgan fingerprint density at radius 1 is 0.823 bits per heavy atom. The van der Waals surface area contributed by atoms with E-state index < -0.39 is 120 Å². The van der Waals surface area contributed by atoms with Crippen LogP contribution in [0.5, 0.6) is 5.75 Å². The first-order chi connectivity index (χ1) is 29.3. The van der Waals surface area contributed by atoms with Gasteiger partial charge in [0.25, 0.3) is 0 Å². The topological polar surface area (TPSA) is 184 Å². The van der Waals surface area contributed by atoms with Gasteiger partial charge in [-0.25, -0.2) is 13.6 Å². The van der Waals surface area contributed by atoms with Gasteiger partial charge in [-0.05, 0) is 93.7 Å². The van der Waals surface area contributed by atoms with Crippen molar-refractivity contribution in [1.29, 1.82) is 0 Å². The summed E-state index contributed by atoms with van der Waals surface area (Å²) in [6, 6.07) is -0.716. The zero-order valence-electron chi connectivity index (χ0n) is 34.3. The van der Waals surface area contributed by atoms with Crippen molar-refractivity contribution >= 4 is 41.4 Å². The molecule has 20 heteroatoms. The van der Waals surface area contributed by atoms with Crippen molar-refractivity contribution in [2.75, 3.05) is 19.6 Å². The number of rotatable bonds is 8. The van der Waals surface area contributed by atoms with Crippen molar-refractivity contribution in [1.82, 2.24) is 30.7 Å². The number of fused-ring (bicyclic) bond motifs is 3. The Morgan fingerprint density at radius 3 is 2.15 bits per heavy atom. The van der Waals surface area contributed by atoms with Crippen LogP contribution >= 0.6 is 0 Å². The molecule has 4 aliphatic heterocycles. The molecule has 0 radical (unpaired) electrons. The maximum atomic E-state index is 14.7. The molecule has 4 fully saturated rings. The van der Waals surface area contributed by atoms with Crippen molar-refractivity contribution in [3.05, 3.63) is 65.2 Å². The normalized spacial score (nSPS) is 26.8. The van der Waals surface area contributed by atoms with Gasteiger partial charge in [0, 0.05) is 32.1 Å². The molecule has 6 amide bonds. The molecule has 8 atom stereocenters. The third-order valence-corrected chi connectivity index (χ3v) is 11.6. The minimum absolute atomic E-state index is 0.0575. The van der Waals surface area contributed by atoms with E-state index in [4.69, 9.17) is 4.74 Å². The molecule has 15 nitrogen and oxygen atoms in total. The fourth-order valence-electron chi connectivity index (χ4n) is 8.64. The lowest BCUT2D eigenvalue weighted by Gasteiger charge is -2.39. The largest absolute Gasteiger partial charge is 0.573 e. The molecule has 0 aliphatic carbocycles. The summed E-state index contributed by atoms with van der Waals surface area (Å²) in [5, 5.41) is 7.77. The highest BCUT2D eigenvalue weighted by Gasteiger charge is 2.47. The van der Waals surface area contributed by atoms with E-state index in [9.17, 15) is 55.5 Å². The average molecular weight is 877 g/mol. The van der Waals surface area contributed by atoms with Crippen LogP contribution in [0.15, 0.2) is 42.5 Å². The van der Waals surface area contributed by atoms with Crippen LogP contribution in [0, 0.1) is 17.6 Å². The molecular weight excluding hydrogens is 827 g/mol. The highest BCUT2D eigenvalue weighted by atomic mass is 19.4. The molecule has 0 saturated carbocycles. The highest BCUT2D eigenvalue weighted by molar-refractivity contribution is 5.98. The minimum atomic E-state index is -4.95. The molecule has 2 aromatic carbocycles. The van der Waals surface area contributed by atoms with Gasteiger partial charge in [0.05, 0.1) is 6.42 Å². The first-order valence-electron chi connectivity index (χ1n) is 20.6. The lowest BCUT2D eigenvalue weighted by molar-refractivity contribution is -0.274. The number of benzene rings is 2. The van der Waals surface area contributed by atoms with Gasteiger partial charge in [0.1, 0.15) is 59.7 Å². The molecule has 0 unspecified atom stereocenters. The van der Waals surface area contributed by atoms with Crippen LogP contribution in [-0.4, -0.2) is 124 Å². The molecule has 4 heterocycles. The van der Waals surface area contributed by atoms with Crippen molar-refractivity contribution < 1.29 is 65.0 Å². The van der Waals surface area contributed by atoms with Crippen LogP contribution < -0.4 is 20.7 Å². The molecule has 336 valence electrons. The Morgan fingerprint density at radius 2 is 1.47 bits per heavy atom. The number of hydrogen-bond donors (Lipinski definition) is 3. The van der Waals surface area contributed by atoms with Crippen molar-refractivity contribution in [3.63, 3.8) is 0 Å². The Bertz CT molecular complexity index is 2030. The molecule has 3 N–H and O–H groups in total. The second-order valence-corrected chi connectivity index (χ2v) is 16.4. The maximum absolute atomic E-state index is 14.7. The fourth-order valence-corrected chi connectivity index (χ4v) is 8.64. The second kappa shape index (κ2) is 19.1. The number of cyclic esters (lactones) is 1. The van der Waals surface area contributed by atoms with E-state index in [1.54, 1.807) is 0 Å². The number of esters is 1. The smallest absolute Gasteiger partial charge is 0.458 e. The predicted molar refractivity (Wildman–Crippen MR) is 207 cm³/mol. The summed E-state index contributed by atoms with van der Waals surface area (Å²) >= 11 is 0. The monoisotopic (exact) mass is 876 g/mol. The van der Waals surface area contributed by atoms with E-state index in [0.717, 1.165) is 24.3 Å². The van der Waals surface area contributed by atoms with Gasteiger partial charge in [-0.1, -0.05) is 19.1 Å². The molecule has 0 aromatic heterocycles. The maximum Gasteiger partial charge on any atom is 0.573 e. The summed E-state index contributed by atoms with van der Waals surface area (Å²) in [5.41, 5.74) is 0.141. The van der Waals surface area contributed by atoms with Gasteiger partial charge >= 0.3 is 12.3 Å². The van der Waals surface area contributed by atoms with Gasteiger partial charge in [-0.15, -0.1) is 13.2 Å². The number of carbonyl (C=O) groups excluding carboxylic acids is 7. The summed E-state index contributed by atoms with van der Waals surface area (Å²) in [5.74, 6) is -7.91. The Hall–Kier alpha value is -5.82. The highest BCUT2D eigenvalue weighted by Crippen LogP contribution is 2.29. The Kier molecular flexibility index (Phi) is 14.1. The number of hydrogen-bond acceptors (Lipinski definition) is 9. The van der Waals surface area contributed by atoms with Gasteiger partial charge in [0.2, 0.25) is 35.4 Å². The van der Waals surface area contributed by atoms with Crippen LogP contribution in [0.1, 0.15) is 70.4 Å². The quantitative estimate of drug-likeness (QED) is 0.265. The zero-order chi connectivity index (χ0) is 45.0. The summed E-state index contributed by atoms with van der Waals surface area (Å²) < 4.78 is 76.5. The first-order valence-corrected chi connectivity index (χ1v) is 20.6. The van der Waals surface area contributed by atoms with Gasteiger partial charge in [0.15, 0.2) is 0 Å². The number of nitrogens with one attached hydrogen (secondary N) is 3. The van der Waals surface area contributed by atoms with Crippen LogP contribution in [-0.2, 0) is 51.1 Å². The summed E-state index contributed by atoms with van der Waals surface area (Å²) in [4.78, 5) is 102. The molecule has 62 heavy (non-hydrogen) atoms.